The Hall–Kier alpha value is -0.930. The standard InChI is InChI=1S/C9H8Cl2N2O/c10-6-3-1-2-5(8(6)11)7-4-12-9(14)13-7/h1-3,7H,4H2,(H2,12,13,14)/t7-/m0/s1. The SMILES string of the molecule is O=C1NC[C@@H](c2cccc(Cl)c2Cl)N1. The molecule has 2 N–H and O–H groups in total. The van der Waals surface area contributed by atoms with E-state index in [1.54, 1.807) is 6.07 Å². The highest BCUT2D eigenvalue weighted by atomic mass is 35.5. The quantitative estimate of drug-likeness (QED) is 0.765. The maximum atomic E-state index is 10.9. The Morgan fingerprint density at radius 1 is 1.36 bits per heavy atom. The van der Waals surface area contributed by atoms with Crippen molar-refractivity contribution in [2.45, 2.75) is 6.04 Å². The number of rotatable bonds is 1. The lowest BCUT2D eigenvalue weighted by molar-refractivity contribution is 0.247. The smallest absolute Gasteiger partial charge is 0.315 e. The van der Waals surface area contributed by atoms with Crippen LogP contribution in [-0.4, -0.2) is 12.6 Å². The molecule has 2 amide bonds. The van der Waals surface area contributed by atoms with Crippen LogP contribution in [0.5, 0.6) is 0 Å². The van der Waals surface area contributed by atoms with Crippen LogP contribution in [0, 0.1) is 0 Å². The third-order valence-electron chi connectivity index (χ3n) is 2.13. The molecule has 1 aliphatic rings. The first-order valence-electron chi connectivity index (χ1n) is 4.17. The molecule has 1 aromatic carbocycles. The average Bonchev–Trinajstić information content (AvgIpc) is 2.57. The van der Waals surface area contributed by atoms with Crippen molar-refractivity contribution in [2.75, 3.05) is 6.54 Å². The van der Waals surface area contributed by atoms with E-state index in [2.05, 4.69) is 10.6 Å². The van der Waals surface area contributed by atoms with Crippen LogP contribution in [0.15, 0.2) is 18.2 Å². The molecule has 2 rings (SSSR count). The summed E-state index contributed by atoms with van der Waals surface area (Å²) in [5.41, 5.74) is 0.845. The van der Waals surface area contributed by atoms with Gasteiger partial charge in [0.25, 0.3) is 0 Å². The van der Waals surface area contributed by atoms with E-state index in [0.29, 0.717) is 16.6 Å². The van der Waals surface area contributed by atoms with Gasteiger partial charge in [-0.05, 0) is 11.6 Å². The van der Waals surface area contributed by atoms with Crippen LogP contribution in [0.3, 0.4) is 0 Å². The molecule has 0 aliphatic carbocycles. The summed E-state index contributed by atoms with van der Waals surface area (Å²) in [5.74, 6) is 0. The summed E-state index contributed by atoms with van der Waals surface area (Å²) < 4.78 is 0. The summed E-state index contributed by atoms with van der Waals surface area (Å²) in [4.78, 5) is 10.9. The first-order chi connectivity index (χ1) is 6.68. The van der Waals surface area contributed by atoms with Gasteiger partial charge in [-0.25, -0.2) is 4.79 Å². The number of urea groups is 1. The van der Waals surface area contributed by atoms with Gasteiger partial charge in [-0.3, -0.25) is 0 Å². The molecular weight excluding hydrogens is 223 g/mol. The van der Waals surface area contributed by atoms with E-state index in [-0.39, 0.29) is 12.1 Å². The summed E-state index contributed by atoms with van der Waals surface area (Å²) in [5, 5.41) is 6.42. The summed E-state index contributed by atoms with van der Waals surface area (Å²) in [6.45, 7) is 0.541. The molecule has 0 aromatic heterocycles. The molecule has 1 aliphatic heterocycles. The fraction of sp³-hybridized carbons (Fsp3) is 0.222. The molecule has 1 heterocycles. The van der Waals surface area contributed by atoms with E-state index in [1.165, 1.54) is 0 Å². The molecule has 1 fully saturated rings. The molecule has 1 saturated heterocycles. The van der Waals surface area contributed by atoms with Gasteiger partial charge in [-0.1, -0.05) is 35.3 Å². The molecule has 0 bridgehead atoms. The Balaban J connectivity index is 2.32. The zero-order valence-electron chi connectivity index (χ0n) is 7.18. The van der Waals surface area contributed by atoms with Gasteiger partial charge in [-0.2, -0.15) is 0 Å². The van der Waals surface area contributed by atoms with Crippen LogP contribution in [0.2, 0.25) is 10.0 Å². The van der Waals surface area contributed by atoms with Gasteiger partial charge in [-0.15, -0.1) is 0 Å². The molecule has 5 heteroatoms. The predicted molar refractivity (Wildman–Crippen MR) is 55.7 cm³/mol. The summed E-state index contributed by atoms with van der Waals surface area (Å²) in [7, 11) is 0. The van der Waals surface area contributed by atoms with Crippen molar-refractivity contribution in [3.8, 4) is 0 Å². The van der Waals surface area contributed by atoms with Gasteiger partial charge in [0, 0.05) is 6.54 Å². The number of benzene rings is 1. The second kappa shape index (κ2) is 3.67. The maximum Gasteiger partial charge on any atom is 0.315 e. The van der Waals surface area contributed by atoms with Gasteiger partial charge in [0.2, 0.25) is 0 Å². The Morgan fingerprint density at radius 2 is 2.14 bits per heavy atom. The highest BCUT2D eigenvalue weighted by Gasteiger charge is 2.23. The maximum absolute atomic E-state index is 10.9. The topological polar surface area (TPSA) is 41.1 Å². The highest BCUT2D eigenvalue weighted by Crippen LogP contribution is 2.30. The summed E-state index contributed by atoms with van der Waals surface area (Å²) in [6, 6.07) is 5.12. The van der Waals surface area contributed by atoms with Crippen molar-refractivity contribution in [1.82, 2.24) is 10.6 Å². The Kier molecular flexibility index (Phi) is 2.52. The fourth-order valence-electron chi connectivity index (χ4n) is 1.43. The Morgan fingerprint density at radius 3 is 2.79 bits per heavy atom. The first-order valence-corrected chi connectivity index (χ1v) is 4.92. The molecule has 0 saturated carbocycles. The number of hydrogen-bond acceptors (Lipinski definition) is 1. The summed E-state index contributed by atoms with van der Waals surface area (Å²) >= 11 is 11.9. The first kappa shape index (κ1) is 9.62. The van der Waals surface area contributed by atoms with E-state index in [1.807, 2.05) is 12.1 Å². The third-order valence-corrected chi connectivity index (χ3v) is 2.96. The number of carbonyl (C=O) groups excluding carboxylic acids is 1. The van der Waals surface area contributed by atoms with E-state index in [0.717, 1.165) is 5.56 Å². The van der Waals surface area contributed by atoms with Gasteiger partial charge in [0.15, 0.2) is 0 Å². The summed E-state index contributed by atoms with van der Waals surface area (Å²) in [6.07, 6.45) is 0. The van der Waals surface area contributed by atoms with Crippen molar-refractivity contribution in [2.24, 2.45) is 0 Å². The molecule has 74 valence electrons. The van der Waals surface area contributed by atoms with Gasteiger partial charge < -0.3 is 10.6 Å². The minimum Gasteiger partial charge on any atom is -0.336 e. The highest BCUT2D eigenvalue weighted by molar-refractivity contribution is 6.42. The predicted octanol–water partition coefficient (Wildman–Crippen LogP) is 2.35. The molecule has 1 atom stereocenters. The number of hydrogen-bond donors (Lipinski definition) is 2. The van der Waals surface area contributed by atoms with Crippen LogP contribution in [0.25, 0.3) is 0 Å². The zero-order chi connectivity index (χ0) is 10.1. The second-order valence-electron chi connectivity index (χ2n) is 3.05. The number of nitrogens with one attached hydrogen (secondary N) is 2. The number of halogens is 2. The second-order valence-corrected chi connectivity index (χ2v) is 3.84. The van der Waals surface area contributed by atoms with Crippen molar-refractivity contribution in [1.29, 1.82) is 0 Å². The van der Waals surface area contributed by atoms with Crippen molar-refractivity contribution in [3.63, 3.8) is 0 Å². The fourth-order valence-corrected chi connectivity index (χ4v) is 1.87. The Labute approximate surface area is 91.4 Å². The number of amides is 2. The lowest BCUT2D eigenvalue weighted by Crippen LogP contribution is -2.21. The van der Waals surface area contributed by atoms with Crippen LogP contribution in [0.1, 0.15) is 11.6 Å². The van der Waals surface area contributed by atoms with E-state index >= 15 is 0 Å². The molecular formula is C9H8Cl2N2O. The molecule has 1 aromatic rings. The van der Waals surface area contributed by atoms with E-state index in [4.69, 9.17) is 23.2 Å². The van der Waals surface area contributed by atoms with Crippen LogP contribution >= 0.6 is 23.2 Å². The minimum absolute atomic E-state index is 0.0892. The van der Waals surface area contributed by atoms with Gasteiger partial charge >= 0.3 is 6.03 Å². The largest absolute Gasteiger partial charge is 0.336 e. The van der Waals surface area contributed by atoms with Gasteiger partial charge in [0.1, 0.15) is 0 Å². The molecule has 0 unspecified atom stereocenters. The van der Waals surface area contributed by atoms with Crippen molar-refractivity contribution >= 4 is 29.2 Å². The zero-order valence-corrected chi connectivity index (χ0v) is 8.69. The van der Waals surface area contributed by atoms with Crippen molar-refractivity contribution < 1.29 is 4.79 Å². The van der Waals surface area contributed by atoms with Gasteiger partial charge in [0.05, 0.1) is 16.1 Å². The van der Waals surface area contributed by atoms with Crippen LogP contribution < -0.4 is 10.6 Å². The van der Waals surface area contributed by atoms with E-state index < -0.39 is 0 Å². The molecule has 3 nitrogen and oxygen atoms in total. The normalized spacial score (nSPS) is 20.4. The van der Waals surface area contributed by atoms with E-state index in [9.17, 15) is 4.79 Å². The van der Waals surface area contributed by atoms with Crippen LogP contribution in [-0.2, 0) is 0 Å². The minimum atomic E-state index is -0.175. The lowest BCUT2D eigenvalue weighted by atomic mass is 10.1. The van der Waals surface area contributed by atoms with Crippen molar-refractivity contribution in [3.05, 3.63) is 33.8 Å². The number of carbonyl (C=O) groups is 1. The monoisotopic (exact) mass is 230 g/mol. The lowest BCUT2D eigenvalue weighted by Gasteiger charge is -2.11. The average molecular weight is 231 g/mol. The van der Waals surface area contributed by atoms with Crippen LogP contribution in [0.4, 0.5) is 4.79 Å². The Bertz CT molecular complexity index is 381. The molecule has 0 radical (unpaired) electrons. The third kappa shape index (κ3) is 1.65. The molecule has 0 spiro atoms. The molecule has 14 heavy (non-hydrogen) atoms.